The number of aliphatic hydroxyl groups excluding tert-OH is 1. The number of fused-ring (bicyclic) bond motifs is 1. The Labute approximate surface area is 354 Å². The molecule has 1 aromatic carbocycles. The van der Waals surface area contributed by atoms with E-state index in [2.05, 4.69) is 15.5 Å². The summed E-state index contributed by atoms with van der Waals surface area (Å²) in [4.78, 5) is 32.9. The lowest BCUT2D eigenvalue weighted by Gasteiger charge is -2.39. The molecule has 2 aromatic rings. The number of nitrogens with zero attached hydrogens (tertiary/aromatic N) is 3. The molecule has 0 radical (unpaired) electrons. The molecule has 0 atom stereocenters. The zero-order chi connectivity index (χ0) is 41.3. The van der Waals surface area contributed by atoms with Crippen molar-refractivity contribution in [1.82, 2.24) is 9.55 Å². The molecular formula is C51H86N4O3. The van der Waals surface area contributed by atoms with Crippen molar-refractivity contribution in [2.24, 2.45) is 41.2 Å². The number of carbonyl (C=O) groups is 1. The van der Waals surface area contributed by atoms with Crippen LogP contribution >= 0.6 is 0 Å². The minimum absolute atomic E-state index is 0.173. The van der Waals surface area contributed by atoms with Gasteiger partial charge in [-0.25, -0.2) is 4.98 Å². The lowest BCUT2D eigenvalue weighted by atomic mass is 9.73. The van der Waals surface area contributed by atoms with Gasteiger partial charge in [-0.15, -0.1) is 0 Å². The van der Waals surface area contributed by atoms with Crippen LogP contribution in [0.15, 0.2) is 23.0 Å². The maximum absolute atomic E-state index is 13.8. The van der Waals surface area contributed by atoms with Crippen LogP contribution in [0.2, 0.25) is 0 Å². The third-order valence-corrected chi connectivity index (χ3v) is 15.5. The molecule has 7 heteroatoms. The van der Waals surface area contributed by atoms with E-state index in [0.29, 0.717) is 41.5 Å². The van der Waals surface area contributed by atoms with Gasteiger partial charge in [0.1, 0.15) is 11.6 Å². The van der Waals surface area contributed by atoms with Crippen LogP contribution in [0.25, 0.3) is 10.9 Å². The normalized spacial score (nSPS) is 22.3. The summed E-state index contributed by atoms with van der Waals surface area (Å²) in [5, 5.41) is 7.77. The van der Waals surface area contributed by atoms with E-state index in [1.54, 1.807) is 0 Å². The molecule has 0 amide bonds. The van der Waals surface area contributed by atoms with Crippen molar-refractivity contribution in [3.8, 4) is 0 Å². The number of aromatic nitrogens is 2. The molecule has 58 heavy (non-hydrogen) atoms. The highest BCUT2D eigenvalue weighted by Gasteiger charge is 2.35. The van der Waals surface area contributed by atoms with E-state index in [1.807, 2.05) is 33.2 Å². The highest BCUT2D eigenvalue weighted by atomic mass is 16.2. The third kappa shape index (κ3) is 13.1. The van der Waals surface area contributed by atoms with E-state index >= 15 is 0 Å². The predicted octanol–water partition coefficient (Wildman–Crippen LogP) is 12.3. The summed E-state index contributed by atoms with van der Waals surface area (Å²) in [6.45, 7) is 2.04. The molecule has 0 bridgehead atoms. The Balaban J connectivity index is 0.000000179. The van der Waals surface area contributed by atoms with Gasteiger partial charge < -0.3 is 15.7 Å². The first-order valence-electron chi connectivity index (χ1n) is 24.8. The molecule has 0 saturated heterocycles. The highest BCUT2D eigenvalue weighted by molar-refractivity contribution is 5.83. The third-order valence-electron chi connectivity index (χ3n) is 15.5. The second-order valence-corrected chi connectivity index (χ2v) is 19.7. The molecule has 6 aliphatic carbocycles. The molecule has 7 nitrogen and oxygen atoms in total. The van der Waals surface area contributed by atoms with Crippen molar-refractivity contribution in [2.45, 2.75) is 212 Å². The predicted molar refractivity (Wildman–Crippen MR) is 245 cm³/mol. The first kappa shape index (κ1) is 46.8. The number of nitrogens with two attached hydrogens (primary N) is 1. The minimum Gasteiger partial charge on any atom is -0.400 e. The topological polar surface area (TPSA) is 101 Å². The fraction of sp³-hybridized carbons (Fsp3) is 0.824. The molecule has 8 rings (SSSR count). The number of benzene rings is 1. The number of aliphatic hydroxyl groups is 1. The maximum Gasteiger partial charge on any atom is 0.261 e. The number of aryl methyl sites for hydroxylation is 1. The van der Waals surface area contributed by atoms with Crippen LogP contribution < -0.4 is 16.2 Å². The lowest BCUT2D eigenvalue weighted by molar-refractivity contribution is -0.128. The number of rotatable bonds is 8. The number of anilines is 1. The van der Waals surface area contributed by atoms with E-state index in [-0.39, 0.29) is 5.56 Å². The Hall–Kier alpha value is -2.25. The summed E-state index contributed by atoms with van der Waals surface area (Å²) in [5.74, 6) is 5.42. The van der Waals surface area contributed by atoms with Gasteiger partial charge in [0.2, 0.25) is 0 Å². The molecule has 0 unspecified atom stereocenters. The van der Waals surface area contributed by atoms with Gasteiger partial charge in [-0.1, -0.05) is 116 Å². The fourth-order valence-electron chi connectivity index (χ4n) is 12.2. The monoisotopic (exact) mass is 803 g/mol. The van der Waals surface area contributed by atoms with Gasteiger partial charge in [-0.3, -0.25) is 14.2 Å². The summed E-state index contributed by atoms with van der Waals surface area (Å²) in [6.07, 6.45) is 40.0. The SMILES string of the molecule is CO.Cc1nc2ccc(N(C)C)cc2c(=O)n1C(C1CCCCC1)C1CCCCC1.NC(C1CCCCC1)C1CCCCC1.O=C(C1CCCCC1)C1CCCCC1. The standard InChI is InChI=1S/C24H35N3O.C13H25N.C13H22O.CH4O/c1-17-25-22-15-14-20(26(2)3)16-21(22)24(28)27(17)23(18-10-6-4-7-11-18)19-12-8-5-9-13-19;2*14-13(11-7-3-1-4-8-11)12-9-5-2-6-10-12;1-2/h14-16,18-19,23H,4-13H2,1-3H3;11-13H,1-10,14H2;11-12H,1-10H2;2H,1H3. The van der Waals surface area contributed by atoms with Crippen molar-refractivity contribution in [3.05, 3.63) is 34.4 Å². The minimum atomic E-state index is 0.173. The molecule has 6 saturated carbocycles. The summed E-state index contributed by atoms with van der Waals surface area (Å²) in [7, 11) is 5.04. The van der Waals surface area contributed by atoms with Crippen LogP contribution in [0.3, 0.4) is 0 Å². The zero-order valence-corrected chi connectivity index (χ0v) is 37.7. The van der Waals surface area contributed by atoms with Gasteiger partial charge in [0.15, 0.2) is 0 Å². The number of carbonyl (C=O) groups excluding carboxylic acids is 1. The molecular weight excluding hydrogens is 717 g/mol. The molecule has 328 valence electrons. The summed E-state index contributed by atoms with van der Waals surface area (Å²) in [5.41, 5.74) is 8.49. The van der Waals surface area contributed by atoms with E-state index in [4.69, 9.17) is 15.8 Å². The van der Waals surface area contributed by atoms with Crippen LogP contribution in [0.4, 0.5) is 5.69 Å². The van der Waals surface area contributed by atoms with E-state index in [1.165, 1.54) is 193 Å². The Morgan fingerprint density at radius 2 is 0.983 bits per heavy atom. The average molecular weight is 803 g/mol. The van der Waals surface area contributed by atoms with Crippen LogP contribution in [0.1, 0.15) is 204 Å². The van der Waals surface area contributed by atoms with Gasteiger partial charge in [0, 0.05) is 50.8 Å². The molecule has 0 aliphatic heterocycles. The van der Waals surface area contributed by atoms with E-state index in [0.717, 1.165) is 41.4 Å². The number of hydrogen-bond donors (Lipinski definition) is 2. The Morgan fingerprint density at radius 1 is 0.621 bits per heavy atom. The summed E-state index contributed by atoms with van der Waals surface area (Å²) >= 11 is 0. The van der Waals surface area contributed by atoms with Gasteiger partial charge in [-0.2, -0.15) is 0 Å². The highest BCUT2D eigenvalue weighted by Crippen LogP contribution is 2.43. The van der Waals surface area contributed by atoms with Gasteiger partial charge in [0.25, 0.3) is 5.56 Å². The molecule has 6 fully saturated rings. The van der Waals surface area contributed by atoms with Crippen molar-refractivity contribution >= 4 is 22.4 Å². The van der Waals surface area contributed by atoms with Crippen molar-refractivity contribution in [1.29, 1.82) is 0 Å². The van der Waals surface area contributed by atoms with E-state index < -0.39 is 0 Å². The van der Waals surface area contributed by atoms with Crippen molar-refractivity contribution < 1.29 is 9.90 Å². The second-order valence-electron chi connectivity index (χ2n) is 19.7. The smallest absolute Gasteiger partial charge is 0.261 e. The average Bonchev–Trinajstić information content (AvgIpc) is 3.30. The quantitative estimate of drug-likeness (QED) is 0.276. The van der Waals surface area contributed by atoms with Gasteiger partial charge >= 0.3 is 0 Å². The first-order valence-corrected chi connectivity index (χ1v) is 24.8. The molecule has 1 aromatic heterocycles. The van der Waals surface area contributed by atoms with Gasteiger partial charge in [0.05, 0.1) is 10.9 Å². The first-order chi connectivity index (χ1) is 28.3. The number of ketones is 1. The van der Waals surface area contributed by atoms with Crippen molar-refractivity contribution in [3.63, 3.8) is 0 Å². The molecule has 1 heterocycles. The van der Waals surface area contributed by atoms with Gasteiger partial charge in [-0.05, 0) is 126 Å². The van der Waals surface area contributed by atoms with Crippen molar-refractivity contribution in [2.75, 3.05) is 26.1 Å². The van der Waals surface area contributed by atoms with Crippen LogP contribution in [0, 0.1) is 42.4 Å². The summed E-state index contributed by atoms with van der Waals surface area (Å²) in [6, 6.07) is 6.95. The lowest BCUT2D eigenvalue weighted by Crippen LogP contribution is -2.39. The summed E-state index contributed by atoms with van der Waals surface area (Å²) < 4.78 is 2.12. The number of hydrogen-bond acceptors (Lipinski definition) is 6. The Kier molecular flexibility index (Phi) is 20.1. The fourth-order valence-corrected chi connectivity index (χ4v) is 12.2. The second kappa shape index (κ2) is 24.9. The van der Waals surface area contributed by atoms with Crippen LogP contribution in [-0.4, -0.2) is 47.7 Å². The molecule has 3 N–H and O–H groups in total. The maximum atomic E-state index is 13.8. The molecule has 6 aliphatic rings. The number of Topliss-reactive ketones (excluding diaryl/α,β-unsaturated/α-hetero) is 1. The van der Waals surface area contributed by atoms with E-state index in [9.17, 15) is 9.59 Å². The largest absolute Gasteiger partial charge is 0.400 e. The van der Waals surface area contributed by atoms with Crippen LogP contribution in [-0.2, 0) is 4.79 Å². The van der Waals surface area contributed by atoms with Crippen LogP contribution in [0.5, 0.6) is 0 Å². The Morgan fingerprint density at radius 3 is 1.36 bits per heavy atom. The molecule has 0 spiro atoms. The Bertz CT molecular complexity index is 1460. The zero-order valence-electron chi connectivity index (χ0n) is 37.7.